The van der Waals surface area contributed by atoms with E-state index in [1.807, 2.05) is 0 Å². The summed E-state index contributed by atoms with van der Waals surface area (Å²) in [6, 6.07) is 0. The van der Waals surface area contributed by atoms with Crippen LogP contribution in [-0.4, -0.2) is 42.6 Å². The molecule has 100 valence electrons. The topological polar surface area (TPSA) is 95.7 Å². The van der Waals surface area contributed by atoms with Crippen LogP contribution in [0.15, 0.2) is 9.50 Å². The fourth-order valence-electron chi connectivity index (χ4n) is 1.40. The van der Waals surface area contributed by atoms with Crippen molar-refractivity contribution in [2.45, 2.75) is 34.8 Å². The molecular weight excluding hydrogens is 288 g/mol. The van der Waals surface area contributed by atoms with E-state index in [0.717, 1.165) is 10.2 Å². The Labute approximate surface area is 116 Å². The molecule has 2 aromatic heterocycles. The van der Waals surface area contributed by atoms with Crippen LogP contribution in [0.2, 0.25) is 0 Å². The van der Waals surface area contributed by atoms with E-state index < -0.39 is 5.97 Å². The first kappa shape index (κ1) is 12.5. The van der Waals surface area contributed by atoms with Gasteiger partial charge in [-0.1, -0.05) is 0 Å². The Balaban J connectivity index is 1.71. The molecule has 0 radical (unpaired) electrons. The van der Waals surface area contributed by atoms with Gasteiger partial charge < -0.3 is 4.74 Å². The Morgan fingerprint density at radius 1 is 1.58 bits per heavy atom. The van der Waals surface area contributed by atoms with Gasteiger partial charge >= 0.3 is 5.97 Å². The van der Waals surface area contributed by atoms with Crippen molar-refractivity contribution in [3.63, 3.8) is 0 Å². The van der Waals surface area contributed by atoms with Crippen molar-refractivity contribution < 1.29 is 9.53 Å². The number of aromatic nitrogens is 6. The largest absolute Gasteiger partial charge is 0.468 e. The molecule has 0 spiro atoms. The lowest BCUT2D eigenvalue weighted by molar-refractivity contribution is -0.141. The lowest BCUT2D eigenvalue weighted by atomic mass is 10.4. The van der Waals surface area contributed by atoms with Gasteiger partial charge in [-0.3, -0.25) is 4.79 Å². The van der Waals surface area contributed by atoms with Crippen LogP contribution < -0.4 is 0 Å². The number of carbonyl (C=O) groups is 1. The third kappa shape index (κ3) is 2.89. The Hall–Kier alpha value is -1.55. The van der Waals surface area contributed by atoms with Gasteiger partial charge in [0.2, 0.25) is 5.16 Å². The zero-order valence-electron chi connectivity index (χ0n) is 10.0. The number of tetrazole rings is 1. The average molecular weight is 298 g/mol. The van der Waals surface area contributed by atoms with Gasteiger partial charge in [0.05, 0.1) is 7.11 Å². The highest BCUT2D eigenvalue weighted by molar-refractivity contribution is 8.00. The van der Waals surface area contributed by atoms with Crippen LogP contribution in [0.4, 0.5) is 0 Å². The number of hydrogen-bond donors (Lipinski definition) is 0. The first-order valence-corrected chi connectivity index (χ1v) is 7.19. The highest BCUT2D eigenvalue weighted by Gasteiger charge is 2.28. The zero-order valence-corrected chi connectivity index (χ0v) is 11.6. The third-order valence-corrected chi connectivity index (χ3v) is 4.29. The van der Waals surface area contributed by atoms with Gasteiger partial charge in [-0.25, -0.2) is 9.67 Å². The molecule has 0 aromatic carbocycles. The van der Waals surface area contributed by atoms with E-state index in [9.17, 15) is 4.79 Å². The summed E-state index contributed by atoms with van der Waals surface area (Å²) in [7, 11) is 1.33. The van der Waals surface area contributed by atoms with E-state index in [1.54, 1.807) is 0 Å². The molecule has 0 amide bonds. The average Bonchev–Trinajstić information content (AvgIpc) is 3.02. The summed E-state index contributed by atoms with van der Waals surface area (Å²) in [6.45, 7) is -0.0138. The van der Waals surface area contributed by atoms with E-state index in [2.05, 4.69) is 29.6 Å². The molecule has 0 bridgehead atoms. The van der Waals surface area contributed by atoms with Gasteiger partial charge in [-0.2, -0.15) is 4.37 Å². The second-order valence-electron chi connectivity index (χ2n) is 3.99. The monoisotopic (exact) mass is 298 g/mol. The predicted octanol–water partition coefficient (Wildman–Crippen LogP) is 0.726. The normalized spacial score (nSPS) is 14.6. The Bertz CT molecular complexity index is 593. The molecule has 0 atom stereocenters. The first-order valence-electron chi connectivity index (χ1n) is 5.60. The van der Waals surface area contributed by atoms with E-state index in [-0.39, 0.29) is 6.54 Å². The smallest absolute Gasteiger partial charge is 0.327 e. The van der Waals surface area contributed by atoms with E-state index in [4.69, 9.17) is 0 Å². The predicted molar refractivity (Wildman–Crippen MR) is 65.8 cm³/mol. The molecule has 2 heterocycles. The van der Waals surface area contributed by atoms with Gasteiger partial charge in [-0.05, 0) is 46.6 Å². The number of hydrogen-bond acceptors (Lipinski definition) is 9. The van der Waals surface area contributed by atoms with Gasteiger partial charge in [0, 0.05) is 5.92 Å². The molecule has 0 unspecified atom stereocenters. The minimum absolute atomic E-state index is 0.0138. The second-order valence-corrected chi connectivity index (χ2v) is 5.96. The van der Waals surface area contributed by atoms with Crippen LogP contribution in [0.5, 0.6) is 0 Å². The van der Waals surface area contributed by atoms with E-state index in [0.29, 0.717) is 11.1 Å². The summed E-state index contributed by atoms with van der Waals surface area (Å²) in [5.74, 6) is 1.03. The molecule has 19 heavy (non-hydrogen) atoms. The van der Waals surface area contributed by atoms with Crippen LogP contribution in [-0.2, 0) is 16.1 Å². The molecular formula is C9H10N6O2S2. The van der Waals surface area contributed by atoms with Crippen molar-refractivity contribution in [3.05, 3.63) is 5.82 Å². The van der Waals surface area contributed by atoms with Crippen molar-refractivity contribution in [2.75, 3.05) is 7.11 Å². The minimum atomic E-state index is -0.398. The van der Waals surface area contributed by atoms with Crippen LogP contribution in [0.3, 0.4) is 0 Å². The number of esters is 1. The fourth-order valence-corrected chi connectivity index (χ4v) is 2.96. The molecule has 0 saturated heterocycles. The van der Waals surface area contributed by atoms with Crippen molar-refractivity contribution in [2.24, 2.45) is 0 Å². The molecule has 2 aromatic rings. The lowest BCUT2D eigenvalue weighted by Crippen LogP contribution is -2.13. The maximum atomic E-state index is 11.2. The number of nitrogens with zero attached hydrogens (tertiary/aromatic N) is 6. The molecule has 0 aliphatic heterocycles. The number of methoxy groups -OCH3 is 1. The quantitative estimate of drug-likeness (QED) is 0.745. The Morgan fingerprint density at radius 3 is 3.16 bits per heavy atom. The molecule has 10 heteroatoms. The molecule has 1 fully saturated rings. The summed E-state index contributed by atoms with van der Waals surface area (Å²) >= 11 is 2.63. The third-order valence-electron chi connectivity index (χ3n) is 2.55. The maximum absolute atomic E-state index is 11.2. The molecule has 8 nitrogen and oxygen atoms in total. The summed E-state index contributed by atoms with van der Waals surface area (Å²) in [6.07, 6.45) is 2.34. The van der Waals surface area contributed by atoms with Crippen LogP contribution >= 0.6 is 23.3 Å². The van der Waals surface area contributed by atoms with Crippen LogP contribution in [0.25, 0.3) is 0 Å². The molecule has 1 saturated carbocycles. The highest BCUT2D eigenvalue weighted by atomic mass is 32.2. The fraction of sp³-hybridized carbons (Fsp3) is 0.556. The SMILES string of the molecule is COC(=O)Cn1nnnc1Sc1nc(C2CC2)ns1. The van der Waals surface area contributed by atoms with Gasteiger partial charge in [0.25, 0.3) is 0 Å². The summed E-state index contributed by atoms with van der Waals surface area (Å²) in [5, 5.41) is 11.7. The minimum Gasteiger partial charge on any atom is -0.468 e. The van der Waals surface area contributed by atoms with Crippen molar-refractivity contribution in [1.82, 2.24) is 29.6 Å². The van der Waals surface area contributed by atoms with Crippen LogP contribution in [0, 0.1) is 0 Å². The Kier molecular flexibility index (Phi) is 3.42. The van der Waals surface area contributed by atoms with Crippen molar-refractivity contribution in [3.8, 4) is 0 Å². The van der Waals surface area contributed by atoms with Gasteiger partial charge in [0.15, 0.2) is 4.34 Å². The van der Waals surface area contributed by atoms with Crippen molar-refractivity contribution >= 4 is 29.3 Å². The number of rotatable bonds is 5. The lowest BCUT2D eigenvalue weighted by Gasteiger charge is -2.00. The van der Waals surface area contributed by atoms with Gasteiger partial charge in [-0.15, -0.1) is 5.10 Å². The van der Waals surface area contributed by atoms with Crippen molar-refractivity contribution in [1.29, 1.82) is 0 Å². The maximum Gasteiger partial charge on any atom is 0.327 e. The first-order chi connectivity index (χ1) is 9.26. The number of ether oxygens (including phenoxy) is 1. The molecule has 1 aliphatic rings. The summed E-state index contributed by atoms with van der Waals surface area (Å²) in [5.41, 5.74) is 0. The van der Waals surface area contributed by atoms with E-state index >= 15 is 0 Å². The Morgan fingerprint density at radius 2 is 2.42 bits per heavy atom. The van der Waals surface area contributed by atoms with Gasteiger partial charge in [0.1, 0.15) is 12.4 Å². The number of carbonyl (C=O) groups excluding carboxylic acids is 1. The summed E-state index contributed by atoms with van der Waals surface area (Å²) < 4.78 is 11.1. The second kappa shape index (κ2) is 5.21. The molecule has 1 aliphatic carbocycles. The summed E-state index contributed by atoms with van der Waals surface area (Å²) in [4.78, 5) is 15.6. The zero-order chi connectivity index (χ0) is 13.2. The molecule has 0 N–H and O–H groups in total. The van der Waals surface area contributed by atoms with Crippen LogP contribution in [0.1, 0.15) is 24.6 Å². The highest BCUT2D eigenvalue weighted by Crippen LogP contribution is 2.40. The molecule has 3 rings (SSSR count). The van der Waals surface area contributed by atoms with E-state index in [1.165, 1.54) is 47.9 Å². The standard InChI is InChI=1S/C9H10N6O2S2/c1-17-6(16)4-15-8(11-13-14-15)18-9-10-7(12-19-9)5-2-3-5/h5H,2-4H2,1H3.